The van der Waals surface area contributed by atoms with Crippen LogP contribution in [0.2, 0.25) is 0 Å². The predicted octanol–water partition coefficient (Wildman–Crippen LogP) is 2.13. The molecule has 1 aliphatic heterocycles. The number of rotatable bonds is 5. The van der Waals surface area contributed by atoms with Gasteiger partial charge >= 0.3 is 0 Å². The number of hydrogen-bond donors (Lipinski definition) is 1. The fourth-order valence-corrected chi connectivity index (χ4v) is 3.68. The highest BCUT2D eigenvalue weighted by Gasteiger charge is 2.36. The van der Waals surface area contributed by atoms with E-state index >= 15 is 0 Å². The monoisotopic (exact) mass is 352 g/mol. The fourth-order valence-electron chi connectivity index (χ4n) is 3.68. The van der Waals surface area contributed by atoms with Gasteiger partial charge in [-0.3, -0.25) is 14.7 Å². The summed E-state index contributed by atoms with van der Waals surface area (Å²) in [5.41, 5.74) is 5.69. The first-order valence-electron chi connectivity index (χ1n) is 8.84. The smallest absolute Gasteiger partial charge is 0.0897 e. The number of likely N-dealkylation sites (tertiary alicyclic amines) is 1. The third kappa shape index (κ3) is 3.27. The molecule has 1 aromatic carbocycles. The second kappa shape index (κ2) is 7.01. The summed E-state index contributed by atoms with van der Waals surface area (Å²) in [6.07, 6.45) is 4.03. The summed E-state index contributed by atoms with van der Waals surface area (Å²) in [5.74, 6) is 0.239. The molecule has 0 aliphatic carbocycles. The molecule has 2 atom stereocenters. The molecule has 0 radical (unpaired) electrons. The van der Waals surface area contributed by atoms with Crippen molar-refractivity contribution in [2.45, 2.75) is 25.5 Å². The molecule has 1 N–H and O–H groups in total. The Hall–Kier alpha value is -2.51. The quantitative estimate of drug-likeness (QED) is 0.762. The first kappa shape index (κ1) is 16.9. The molecule has 7 nitrogen and oxygen atoms in total. The van der Waals surface area contributed by atoms with E-state index in [4.69, 9.17) is 4.74 Å². The number of aromatic nitrogens is 5. The number of aromatic amines is 1. The number of H-pyrrole nitrogens is 1. The Morgan fingerprint density at radius 1 is 1.23 bits per heavy atom. The zero-order valence-corrected chi connectivity index (χ0v) is 15.4. The molecular weight excluding hydrogens is 328 g/mol. The molecule has 0 amide bonds. The number of ether oxygens (including phenoxy) is 1. The summed E-state index contributed by atoms with van der Waals surface area (Å²) in [6, 6.07) is 8.52. The van der Waals surface area contributed by atoms with Crippen molar-refractivity contribution < 1.29 is 4.74 Å². The second-order valence-electron chi connectivity index (χ2n) is 7.03. The van der Waals surface area contributed by atoms with E-state index in [1.54, 1.807) is 11.8 Å². The summed E-state index contributed by atoms with van der Waals surface area (Å²) < 4.78 is 7.47. The van der Waals surface area contributed by atoms with Crippen LogP contribution in [0.5, 0.6) is 0 Å². The second-order valence-corrected chi connectivity index (χ2v) is 7.03. The lowest BCUT2D eigenvalue weighted by atomic mass is 10.0. The molecule has 0 unspecified atom stereocenters. The summed E-state index contributed by atoms with van der Waals surface area (Å²) in [6.45, 7) is 4.70. The van der Waals surface area contributed by atoms with Gasteiger partial charge in [0.1, 0.15) is 0 Å². The molecule has 0 spiro atoms. The summed E-state index contributed by atoms with van der Waals surface area (Å²) >= 11 is 0. The zero-order valence-electron chi connectivity index (χ0n) is 15.4. The van der Waals surface area contributed by atoms with E-state index < -0.39 is 0 Å². The van der Waals surface area contributed by atoms with Crippen LogP contribution in [0, 0.1) is 6.92 Å². The third-order valence-electron chi connectivity index (χ3n) is 5.10. The maximum atomic E-state index is 5.72. The Morgan fingerprint density at radius 3 is 2.73 bits per heavy atom. The van der Waals surface area contributed by atoms with Gasteiger partial charge in [0.25, 0.3) is 0 Å². The molecule has 2 aromatic heterocycles. The number of benzene rings is 1. The summed E-state index contributed by atoms with van der Waals surface area (Å²) in [7, 11) is 3.66. The Kier molecular flexibility index (Phi) is 4.57. The molecule has 4 rings (SSSR count). The third-order valence-corrected chi connectivity index (χ3v) is 5.10. The molecule has 3 heterocycles. The molecule has 1 aliphatic rings. The van der Waals surface area contributed by atoms with Crippen molar-refractivity contribution in [3.05, 3.63) is 53.5 Å². The Balaban J connectivity index is 1.52. The molecule has 1 fully saturated rings. The van der Waals surface area contributed by atoms with Gasteiger partial charge in [0.05, 0.1) is 23.7 Å². The predicted molar refractivity (Wildman–Crippen MR) is 98.6 cm³/mol. The van der Waals surface area contributed by atoms with Gasteiger partial charge in [-0.1, -0.05) is 35.0 Å². The van der Waals surface area contributed by atoms with Crippen molar-refractivity contribution in [1.82, 2.24) is 30.1 Å². The van der Waals surface area contributed by atoms with Gasteiger partial charge in [-0.25, -0.2) is 0 Å². The van der Waals surface area contributed by atoms with Gasteiger partial charge in [-0.15, -0.1) is 5.10 Å². The minimum atomic E-state index is 0.126. The van der Waals surface area contributed by atoms with Crippen LogP contribution in [0.3, 0.4) is 0 Å². The molecule has 3 aromatic rings. The highest BCUT2D eigenvalue weighted by Crippen LogP contribution is 2.30. The van der Waals surface area contributed by atoms with E-state index in [1.165, 1.54) is 11.1 Å². The Morgan fingerprint density at radius 2 is 2.04 bits per heavy atom. The minimum Gasteiger partial charge on any atom is -0.379 e. The average molecular weight is 352 g/mol. The summed E-state index contributed by atoms with van der Waals surface area (Å²) in [5, 5.41) is 15.8. The van der Waals surface area contributed by atoms with Gasteiger partial charge in [-0.05, 0) is 12.5 Å². The van der Waals surface area contributed by atoms with Gasteiger partial charge in [0.15, 0.2) is 0 Å². The Bertz CT molecular complexity index is 868. The lowest BCUT2D eigenvalue weighted by Gasteiger charge is -2.15. The lowest BCUT2D eigenvalue weighted by Crippen LogP contribution is -2.22. The van der Waals surface area contributed by atoms with Gasteiger partial charge in [-0.2, -0.15) is 5.10 Å². The van der Waals surface area contributed by atoms with Gasteiger partial charge in [0.2, 0.25) is 0 Å². The largest absolute Gasteiger partial charge is 0.379 e. The molecule has 0 bridgehead atoms. The van der Waals surface area contributed by atoms with Crippen molar-refractivity contribution in [2.24, 2.45) is 7.05 Å². The SMILES string of the molecule is CO[C@@H]1CN(Cc2cn[nH]c2-c2ccc(C)cc2)C[C@H]1c1cn(C)nn1. The zero-order chi connectivity index (χ0) is 18.1. The van der Waals surface area contributed by atoms with Crippen molar-refractivity contribution in [3.8, 4) is 11.3 Å². The number of nitrogens with zero attached hydrogens (tertiary/aromatic N) is 5. The average Bonchev–Trinajstić information content (AvgIpc) is 3.35. The first-order chi connectivity index (χ1) is 12.6. The van der Waals surface area contributed by atoms with Crippen LogP contribution in [0.25, 0.3) is 11.3 Å². The van der Waals surface area contributed by atoms with Crippen molar-refractivity contribution in [1.29, 1.82) is 0 Å². The normalized spacial score (nSPS) is 20.7. The van der Waals surface area contributed by atoms with Crippen LogP contribution in [-0.4, -0.2) is 56.4 Å². The Labute approximate surface area is 153 Å². The van der Waals surface area contributed by atoms with Crippen LogP contribution in [-0.2, 0) is 18.3 Å². The van der Waals surface area contributed by atoms with Crippen LogP contribution in [0.1, 0.15) is 22.7 Å². The molecule has 0 saturated carbocycles. The van der Waals surface area contributed by atoms with Crippen LogP contribution < -0.4 is 0 Å². The molecule has 7 heteroatoms. The number of hydrogen-bond acceptors (Lipinski definition) is 5. The van der Waals surface area contributed by atoms with E-state index in [0.29, 0.717) is 0 Å². The van der Waals surface area contributed by atoms with Crippen LogP contribution in [0.4, 0.5) is 0 Å². The highest BCUT2D eigenvalue weighted by molar-refractivity contribution is 5.62. The van der Waals surface area contributed by atoms with E-state index in [2.05, 4.69) is 56.6 Å². The number of methoxy groups -OCH3 is 1. The summed E-state index contributed by atoms with van der Waals surface area (Å²) in [4.78, 5) is 2.40. The number of aryl methyl sites for hydroxylation is 2. The van der Waals surface area contributed by atoms with E-state index in [9.17, 15) is 0 Å². The fraction of sp³-hybridized carbons (Fsp3) is 0.421. The molecule has 136 valence electrons. The highest BCUT2D eigenvalue weighted by atomic mass is 16.5. The van der Waals surface area contributed by atoms with Crippen LogP contribution in [0.15, 0.2) is 36.7 Å². The van der Waals surface area contributed by atoms with Crippen molar-refractivity contribution >= 4 is 0 Å². The lowest BCUT2D eigenvalue weighted by molar-refractivity contribution is 0.0957. The van der Waals surface area contributed by atoms with Gasteiger partial charge < -0.3 is 4.74 Å². The maximum Gasteiger partial charge on any atom is 0.0897 e. The maximum absolute atomic E-state index is 5.72. The topological polar surface area (TPSA) is 71.9 Å². The standard InChI is InChI=1S/C19H24N6O/c1-13-4-6-14(7-5-13)19-15(8-20-22-19)9-25-10-16(18(12-25)26-3)17-11-24(2)23-21-17/h4-8,11,16,18H,9-10,12H2,1-3H3,(H,20,22)/t16-,18+/m0/s1. The van der Waals surface area contributed by atoms with E-state index in [-0.39, 0.29) is 12.0 Å². The molecule has 26 heavy (non-hydrogen) atoms. The number of nitrogens with one attached hydrogen (secondary N) is 1. The van der Waals surface area contributed by atoms with Gasteiger partial charge in [0, 0.05) is 51.5 Å². The van der Waals surface area contributed by atoms with E-state index in [1.807, 2.05) is 19.4 Å². The molecular formula is C19H24N6O. The minimum absolute atomic E-state index is 0.126. The molecule has 1 saturated heterocycles. The van der Waals surface area contributed by atoms with E-state index in [0.717, 1.165) is 36.6 Å². The first-order valence-corrected chi connectivity index (χ1v) is 8.84. The van der Waals surface area contributed by atoms with Crippen molar-refractivity contribution in [3.63, 3.8) is 0 Å². The van der Waals surface area contributed by atoms with Crippen LogP contribution >= 0.6 is 0 Å². The van der Waals surface area contributed by atoms with Crippen molar-refractivity contribution in [2.75, 3.05) is 20.2 Å².